The SMILES string of the molecule is O=C(O)c1c(Cl)cccc1-c1cc(F)cc(Cl)c1. The van der Waals surface area contributed by atoms with E-state index in [-0.39, 0.29) is 15.6 Å². The second kappa shape index (κ2) is 4.96. The zero-order valence-corrected chi connectivity index (χ0v) is 10.5. The van der Waals surface area contributed by atoms with Crippen molar-refractivity contribution in [2.45, 2.75) is 0 Å². The first-order valence-corrected chi connectivity index (χ1v) is 5.73. The molecule has 2 rings (SSSR count). The molecule has 0 heterocycles. The quantitative estimate of drug-likeness (QED) is 0.882. The molecule has 0 saturated carbocycles. The summed E-state index contributed by atoms with van der Waals surface area (Å²) in [6.45, 7) is 0. The van der Waals surface area contributed by atoms with E-state index in [4.69, 9.17) is 28.3 Å². The van der Waals surface area contributed by atoms with Crippen LogP contribution in [0.25, 0.3) is 11.1 Å². The normalized spacial score (nSPS) is 10.4. The number of carboxylic acids is 1. The first-order valence-electron chi connectivity index (χ1n) is 4.97. The van der Waals surface area contributed by atoms with Gasteiger partial charge in [0.1, 0.15) is 5.82 Å². The highest BCUT2D eigenvalue weighted by Crippen LogP contribution is 2.31. The predicted octanol–water partition coefficient (Wildman–Crippen LogP) is 4.50. The minimum absolute atomic E-state index is 0.0687. The number of benzene rings is 2. The summed E-state index contributed by atoms with van der Waals surface area (Å²) in [7, 11) is 0. The lowest BCUT2D eigenvalue weighted by atomic mass is 9.99. The average Bonchev–Trinajstić information content (AvgIpc) is 2.26. The third kappa shape index (κ3) is 2.47. The molecule has 1 N–H and O–H groups in total. The van der Waals surface area contributed by atoms with Crippen molar-refractivity contribution < 1.29 is 14.3 Å². The number of rotatable bonds is 2. The van der Waals surface area contributed by atoms with Gasteiger partial charge in [0, 0.05) is 5.02 Å². The first-order chi connectivity index (χ1) is 8.49. The van der Waals surface area contributed by atoms with Crippen molar-refractivity contribution in [3.8, 4) is 11.1 Å². The highest BCUT2D eigenvalue weighted by atomic mass is 35.5. The van der Waals surface area contributed by atoms with Gasteiger partial charge in [-0.3, -0.25) is 0 Å². The van der Waals surface area contributed by atoms with Gasteiger partial charge in [0.15, 0.2) is 0 Å². The van der Waals surface area contributed by atoms with E-state index in [0.29, 0.717) is 11.1 Å². The van der Waals surface area contributed by atoms with Crippen LogP contribution in [0.15, 0.2) is 36.4 Å². The highest BCUT2D eigenvalue weighted by Gasteiger charge is 2.16. The number of hydrogen-bond acceptors (Lipinski definition) is 1. The molecule has 0 spiro atoms. The van der Waals surface area contributed by atoms with E-state index < -0.39 is 11.8 Å². The highest BCUT2D eigenvalue weighted by molar-refractivity contribution is 6.34. The number of carbonyl (C=O) groups is 1. The van der Waals surface area contributed by atoms with Gasteiger partial charge in [0.2, 0.25) is 0 Å². The third-order valence-electron chi connectivity index (χ3n) is 2.40. The van der Waals surface area contributed by atoms with Crippen LogP contribution < -0.4 is 0 Å². The van der Waals surface area contributed by atoms with Crippen molar-refractivity contribution in [3.63, 3.8) is 0 Å². The van der Waals surface area contributed by atoms with Crippen molar-refractivity contribution in [2.75, 3.05) is 0 Å². The van der Waals surface area contributed by atoms with Crippen LogP contribution in [0, 0.1) is 5.82 Å². The number of halogens is 3. The molecular weight excluding hydrogens is 278 g/mol. The van der Waals surface area contributed by atoms with Crippen LogP contribution >= 0.6 is 23.2 Å². The smallest absolute Gasteiger partial charge is 0.337 e. The lowest BCUT2D eigenvalue weighted by Crippen LogP contribution is -2.00. The van der Waals surface area contributed by atoms with Gasteiger partial charge in [-0.05, 0) is 35.4 Å². The van der Waals surface area contributed by atoms with E-state index in [1.807, 2.05) is 0 Å². The molecule has 5 heteroatoms. The van der Waals surface area contributed by atoms with Crippen LogP contribution in [-0.4, -0.2) is 11.1 Å². The Morgan fingerprint density at radius 3 is 2.50 bits per heavy atom. The van der Waals surface area contributed by atoms with E-state index in [0.717, 1.165) is 6.07 Å². The van der Waals surface area contributed by atoms with Crippen LogP contribution in [0.3, 0.4) is 0 Å². The molecule has 0 aliphatic heterocycles. The van der Waals surface area contributed by atoms with E-state index in [9.17, 15) is 9.18 Å². The molecule has 2 aromatic rings. The zero-order valence-electron chi connectivity index (χ0n) is 8.95. The molecule has 0 aromatic heterocycles. The topological polar surface area (TPSA) is 37.3 Å². The van der Waals surface area contributed by atoms with Crippen molar-refractivity contribution in [3.05, 3.63) is 57.8 Å². The minimum Gasteiger partial charge on any atom is -0.478 e. The number of aromatic carboxylic acids is 1. The summed E-state index contributed by atoms with van der Waals surface area (Å²) in [4.78, 5) is 11.2. The van der Waals surface area contributed by atoms with Gasteiger partial charge in [0.05, 0.1) is 10.6 Å². The fourth-order valence-electron chi connectivity index (χ4n) is 1.69. The van der Waals surface area contributed by atoms with Crippen molar-refractivity contribution >= 4 is 29.2 Å². The standard InChI is InChI=1S/C13H7Cl2FO2/c14-8-4-7(5-9(16)6-8)10-2-1-3-11(15)12(10)13(17)18/h1-6H,(H,17,18). The summed E-state index contributed by atoms with van der Waals surface area (Å²) in [5.41, 5.74) is 0.636. The maximum Gasteiger partial charge on any atom is 0.337 e. The molecule has 0 atom stereocenters. The Balaban J connectivity index is 2.71. The fraction of sp³-hybridized carbons (Fsp3) is 0. The van der Waals surface area contributed by atoms with Gasteiger partial charge in [-0.25, -0.2) is 9.18 Å². The molecule has 0 bridgehead atoms. The fourth-order valence-corrected chi connectivity index (χ4v) is 2.17. The Kier molecular flexibility index (Phi) is 3.55. The van der Waals surface area contributed by atoms with Crippen LogP contribution in [0.4, 0.5) is 4.39 Å². The van der Waals surface area contributed by atoms with E-state index >= 15 is 0 Å². The van der Waals surface area contributed by atoms with Gasteiger partial charge < -0.3 is 5.11 Å². The molecule has 2 nitrogen and oxygen atoms in total. The molecule has 0 aliphatic rings. The van der Waals surface area contributed by atoms with Crippen LogP contribution in [-0.2, 0) is 0 Å². The maximum absolute atomic E-state index is 13.3. The Bertz CT molecular complexity index is 606. The monoisotopic (exact) mass is 284 g/mol. The summed E-state index contributed by atoms with van der Waals surface area (Å²) < 4.78 is 13.3. The Labute approximate surface area is 113 Å². The van der Waals surface area contributed by atoms with Crippen molar-refractivity contribution in [1.82, 2.24) is 0 Å². The van der Waals surface area contributed by atoms with Crippen molar-refractivity contribution in [2.24, 2.45) is 0 Å². The first kappa shape index (κ1) is 12.9. The maximum atomic E-state index is 13.3. The van der Waals surface area contributed by atoms with Crippen LogP contribution in [0.1, 0.15) is 10.4 Å². The van der Waals surface area contributed by atoms with E-state index in [1.54, 1.807) is 12.1 Å². The largest absolute Gasteiger partial charge is 0.478 e. The molecule has 92 valence electrons. The zero-order chi connectivity index (χ0) is 13.3. The van der Waals surface area contributed by atoms with Gasteiger partial charge in [-0.2, -0.15) is 0 Å². The second-order valence-corrected chi connectivity index (χ2v) is 4.47. The van der Waals surface area contributed by atoms with E-state index in [1.165, 1.54) is 18.2 Å². The van der Waals surface area contributed by atoms with Gasteiger partial charge in [0.25, 0.3) is 0 Å². The summed E-state index contributed by atoms with van der Waals surface area (Å²) in [6, 6.07) is 8.47. The minimum atomic E-state index is -1.17. The lowest BCUT2D eigenvalue weighted by molar-refractivity contribution is 0.0698. The second-order valence-electron chi connectivity index (χ2n) is 3.63. The average molecular weight is 285 g/mol. The summed E-state index contributed by atoms with van der Waals surface area (Å²) >= 11 is 11.6. The van der Waals surface area contributed by atoms with Crippen molar-refractivity contribution in [1.29, 1.82) is 0 Å². The lowest BCUT2D eigenvalue weighted by Gasteiger charge is -2.08. The summed E-state index contributed by atoms with van der Waals surface area (Å²) in [5.74, 6) is -1.70. The Morgan fingerprint density at radius 2 is 1.89 bits per heavy atom. The predicted molar refractivity (Wildman–Crippen MR) is 68.8 cm³/mol. The van der Waals surface area contributed by atoms with Gasteiger partial charge >= 0.3 is 5.97 Å². The summed E-state index contributed by atoms with van der Waals surface area (Å²) in [6.07, 6.45) is 0. The van der Waals surface area contributed by atoms with Crippen LogP contribution in [0.5, 0.6) is 0 Å². The molecule has 0 saturated heterocycles. The Morgan fingerprint density at radius 1 is 1.17 bits per heavy atom. The molecule has 0 amide bonds. The molecule has 0 aliphatic carbocycles. The van der Waals surface area contributed by atoms with E-state index in [2.05, 4.69) is 0 Å². The number of hydrogen-bond donors (Lipinski definition) is 1. The van der Waals surface area contributed by atoms with Gasteiger partial charge in [-0.1, -0.05) is 35.3 Å². The molecular formula is C13H7Cl2FO2. The molecule has 0 radical (unpaired) electrons. The molecule has 0 fully saturated rings. The summed E-state index contributed by atoms with van der Waals surface area (Å²) in [5, 5.41) is 9.43. The third-order valence-corrected chi connectivity index (χ3v) is 2.93. The van der Waals surface area contributed by atoms with Crippen LogP contribution in [0.2, 0.25) is 10.0 Å². The Hall–Kier alpha value is -1.58. The molecule has 2 aromatic carbocycles. The van der Waals surface area contributed by atoms with Gasteiger partial charge in [-0.15, -0.1) is 0 Å². The molecule has 0 unspecified atom stereocenters. The number of carboxylic acid groups (broad SMARTS) is 1. The molecule has 18 heavy (non-hydrogen) atoms.